The molecule has 1 N–H and O–H groups in total. The number of carbonyl (C=O) groups is 3. The number of nitrogens with zero attached hydrogens (tertiary/aromatic N) is 3. The number of nitrogens with one attached hydrogen (secondary N) is 1. The van der Waals surface area contributed by atoms with Gasteiger partial charge < -0.3 is 0 Å². The number of hydrogen-bond acceptors (Lipinski definition) is 6. The molecular formula is C37H26N4O5. The zero-order chi connectivity index (χ0) is 31.6. The second-order valence-electron chi connectivity index (χ2n) is 11.9. The number of anilines is 1. The molecular weight excluding hydrogens is 580 g/mol. The van der Waals surface area contributed by atoms with Crippen molar-refractivity contribution in [2.45, 2.75) is 17.8 Å². The maximum Gasteiger partial charge on any atom is 0.293 e. The van der Waals surface area contributed by atoms with Crippen molar-refractivity contribution in [2.75, 3.05) is 4.90 Å². The van der Waals surface area contributed by atoms with Crippen LogP contribution in [0.3, 0.4) is 0 Å². The molecule has 3 aliphatic carbocycles. The average molecular weight is 607 g/mol. The highest BCUT2D eigenvalue weighted by Gasteiger charge is 2.68. The molecule has 0 radical (unpaired) electrons. The third-order valence-corrected chi connectivity index (χ3v) is 9.69. The molecule has 1 fully saturated rings. The fourth-order valence-corrected chi connectivity index (χ4v) is 7.96. The SMILES string of the molecule is O=C(Cc1cccc2ccccc12)N/N=C\C12c3ccccc3C(c3ccccc31)[C@@H]1C(=O)N(c3ccccc3[N+](=O)[O-])C(=O)[C@@H]12. The number of carbonyl (C=O) groups excluding carboxylic acids is 3. The van der Waals surface area contributed by atoms with Gasteiger partial charge in [0.2, 0.25) is 17.7 Å². The third-order valence-electron chi connectivity index (χ3n) is 9.69. The topological polar surface area (TPSA) is 122 Å². The highest BCUT2D eigenvalue weighted by Crippen LogP contribution is 2.63. The maximum absolute atomic E-state index is 14.5. The molecule has 1 aliphatic heterocycles. The van der Waals surface area contributed by atoms with E-state index in [2.05, 4.69) is 10.5 Å². The van der Waals surface area contributed by atoms with Crippen molar-refractivity contribution < 1.29 is 19.3 Å². The Morgan fingerprint density at radius 3 is 2.20 bits per heavy atom. The van der Waals surface area contributed by atoms with E-state index < -0.39 is 39.9 Å². The molecule has 9 rings (SSSR count). The van der Waals surface area contributed by atoms with Crippen LogP contribution >= 0.6 is 0 Å². The number of amides is 3. The molecule has 9 nitrogen and oxygen atoms in total. The summed E-state index contributed by atoms with van der Waals surface area (Å²) in [5.74, 6) is -3.55. The fraction of sp³-hybridized carbons (Fsp3) is 0.135. The van der Waals surface area contributed by atoms with E-state index in [1.165, 1.54) is 18.2 Å². The average Bonchev–Trinajstić information content (AvgIpc) is 3.35. The van der Waals surface area contributed by atoms with E-state index in [9.17, 15) is 24.5 Å². The van der Waals surface area contributed by atoms with E-state index in [1.807, 2.05) is 91.0 Å². The van der Waals surface area contributed by atoms with Gasteiger partial charge >= 0.3 is 0 Å². The first kappa shape index (κ1) is 27.6. The van der Waals surface area contributed by atoms with Crippen molar-refractivity contribution in [3.8, 4) is 0 Å². The van der Waals surface area contributed by atoms with Crippen LogP contribution in [0.25, 0.3) is 10.8 Å². The van der Waals surface area contributed by atoms with E-state index >= 15 is 0 Å². The Balaban J connectivity index is 1.24. The van der Waals surface area contributed by atoms with Crippen LogP contribution in [0.4, 0.5) is 11.4 Å². The van der Waals surface area contributed by atoms with Gasteiger partial charge in [-0.05, 0) is 44.7 Å². The lowest BCUT2D eigenvalue weighted by molar-refractivity contribution is -0.384. The van der Waals surface area contributed by atoms with Gasteiger partial charge in [-0.2, -0.15) is 5.10 Å². The van der Waals surface area contributed by atoms with Gasteiger partial charge in [-0.25, -0.2) is 10.3 Å². The van der Waals surface area contributed by atoms with Gasteiger partial charge in [-0.3, -0.25) is 24.5 Å². The molecule has 1 saturated heterocycles. The number of hydrogen-bond donors (Lipinski definition) is 1. The minimum absolute atomic E-state index is 0.0557. The fourth-order valence-electron chi connectivity index (χ4n) is 7.96. The smallest absolute Gasteiger partial charge is 0.274 e. The van der Waals surface area contributed by atoms with E-state index in [-0.39, 0.29) is 23.7 Å². The molecule has 2 bridgehead atoms. The van der Waals surface area contributed by atoms with E-state index in [0.29, 0.717) is 0 Å². The number of rotatable bonds is 6. The molecule has 9 heteroatoms. The number of hydrazone groups is 1. The highest BCUT2D eigenvalue weighted by molar-refractivity contribution is 6.25. The van der Waals surface area contributed by atoms with Gasteiger partial charge in [0.05, 0.1) is 28.6 Å². The largest absolute Gasteiger partial charge is 0.293 e. The summed E-state index contributed by atoms with van der Waals surface area (Å²) >= 11 is 0. The molecule has 0 aromatic heterocycles. The normalized spacial score (nSPS) is 22.5. The molecule has 5 aromatic rings. The van der Waals surface area contributed by atoms with Crippen molar-refractivity contribution in [1.82, 2.24) is 5.43 Å². The second kappa shape index (κ2) is 10.3. The Morgan fingerprint density at radius 1 is 0.826 bits per heavy atom. The number of para-hydroxylation sites is 2. The molecule has 1 heterocycles. The van der Waals surface area contributed by atoms with Crippen LogP contribution in [0.5, 0.6) is 0 Å². The van der Waals surface area contributed by atoms with Crippen LogP contribution in [-0.4, -0.2) is 28.9 Å². The lowest BCUT2D eigenvalue weighted by Gasteiger charge is -2.52. The van der Waals surface area contributed by atoms with Crippen LogP contribution in [0.1, 0.15) is 33.7 Å². The summed E-state index contributed by atoms with van der Waals surface area (Å²) in [6.07, 6.45) is 1.68. The minimum atomic E-state index is -1.22. The Bertz CT molecular complexity index is 2100. The number of imide groups is 1. The third kappa shape index (κ3) is 3.81. The number of nitro benzene ring substituents is 1. The summed E-state index contributed by atoms with van der Waals surface area (Å²) in [6.45, 7) is 0. The van der Waals surface area contributed by atoms with Gasteiger partial charge in [0.15, 0.2) is 0 Å². The lowest BCUT2D eigenvalue weighted by Crippen LogP contribution is -2.54. The molecule has 224 valence electrons. The molecule has 0 unspecified atom stereocenters. The predicted octanol–water partition coefficient (Wildman–Crippen LogP) is 5.64. The van der Waals surface area contributed by atoms with Crippen LogP contribution in [0, 0.1) is 22.0 Å². The van der Waals surface area contributed by atoms with Crippen LogP contribution in [0.2, 0.25) is 0 Å². The number of fused-ring (bicyclic) bond motifs is 1. The Morgan fingerprint density at radius 2 is 1.46 bits per heavy atom. The maximum atomic E-state index is 14.5. The molecule has 4 aliphatic rings. The van der Waals surface area contributed by atoms with Crippen molar-refractivity contribution in [3.05, 3.63) is 153 Å². The zero-order valence-corrected chi connectivity index (χ0v) is 24.4. The van der Waals surface area contributed by atoms with Crippen LogP contribution < -0.4 is 10.3 Å². The first-order chi connectivity index (χ1) is 22.4. The van der Waals surface area contributed by atoms with Gasteiger partial charge in [-0.15, -0.1) is 0 Å². The Kier molecular flexibility index (Phi) is 6.18. The number of nitro groups is 1. The Hall–Kier alpha value is -5.96. The van der Waals surface area contributed by atoms with Gasteiger partial charge in [0.25, 0.3) is 5.69 Å². The standard InChI is InChI=1S/C37H26N4O5/c42-31(20-23-12-9-11-22-10-1-2-13-24(22)23)39-38-21-37-27-16-5-3-14-25(27)32(26-15-4-6-17-28(26)37)33-34(37)36(44)40(35(33)43)29-18-7-8-19-30(29)41(45)46/h1-19,21,32-34H,20H2,(H,39,42)/b38-21-/t32?,33-,34+,37?/m0/s1. The summed E-state index contributed by atoms with van der Waals surface area (Å²) in [5, 5.41) is 18.5. The van der Waals surface area contributed by atoms with Crippen molar-refractivity contribution in [2.24, 2.45) is 16.9 Å². The summed E-state index contributed by atoms with van der Waals surface area (Å²) in [6, 6.07) is 34.8. The second-order valence-corrected chi connectivity index (χ2v) is 11.9. The van der Waals surface area contributed by atoms with Crippen molar-refractivity contribution in [1.29, 1.82) is 0 Å². The minimum Gasteiger partial charge on any atom is -0.274 e. The molecule has 3 amide bonds. The summed E-state index contributed by atoms with van der Waals surface area (Å²) < 4.78 is 0. The highest BCUT2D eigenvalue weighted by atomic mass is 16.6. The zero-order valence-electron chi connectivity index (χ0n) is 24.4. The first-order valence-corrected chi connectivity index (χ1v) is 15.0. The summed E-state index contributed by atoms with van der Waals surface area (Å²) in [5.41, 5.74) is 5.36. The molecule has 0 saturated carbocycles. The molecule has 0 spiro atoms. The quantitative estimate of drug-likeness (QED) is 0.116. The van der Waals surface area contributed by atoms with Gasteiger partial charge in [0.1, 0.15) is 5.69 Å². The molecule has 5 aromatic carbocycles. The summed E-state index contributed by atoms with van der Waals surface area (Å²) in [4.78, 5) is 54.5. The molecule has 46 heavy (non-hydrogen) atoms. The Labute approximate surface area is 263 Å². The van der Waals surface area contributed by atoms with Crippen LogP contribution in [-0.2, 0) is 26.2 Å². The van der Waals surface area contributed by atoms with Gasteiger partial charge in [0, 0.05) is 18.2 Å². The number of benzene rings is 5. The monoisotopic (exact) mass is 606 g/mol. The first-order valence-electron chi connectivity index (χ1n) is 15.0. The van der Waals surface area contributed by atoms with Crippen molar-refractivity contribution in [3.63, 3.8) is 0 Å². The predicted molar refractivity (Wildman–Crippen MR) is 172 cm³/mol. The molecule has 2 atom stereocenters. The van der Waals surface area contributed by atoms with E-state index in [4.69, 9.17) is 0 Å². The van der Waals surface area contributed by atoms with E-state index in [0.717, 1.165) is 43.5 Å². The van der Waals surface area contributed by atoms with Gasteiger partial charge in [-0.1, -0.05) is 103 Å². The van der Waals surface area contributed by atoms with E-state index in [1.54, 1.807) is 12.3 Å². The summed E-state index contributed by atoms with van der Waals surface area (Å²) in [7, 11) is 0. The van der Waals surface area contributed by atoms with Crippen LogP contribution in [0.15, 0.2) is 120 Å². The lowest BCUT2D eigenvalue weighted by atomic mass is 9.47. The van der Waals surface area contributed by atoms with Crippen molar-refractivity contribution >= 4 is 46.1 Å².